The Morgan fingerprint density at radius 2 is 1.75 bits per heavy atom. The standard InChI is InChI=1S/C14H30N2/c1-4-14(2,11-15)12-16(3)13-9-7-5-6-8-10-13/h13H,4-12,15H2,1-3H3. The van der Waals surface area contributed by atoms with Crippen LogP contribution in [0.1, 0.15) is 58.8 Å². The molecule has 2 nitrogen and oxygen atoms in total. The van der Waals surface area contributed by atoms with Crippen molar-refractivity contribution in [2.24, 2.45) is 11.1 Å². The second-order valence-electron chi connectivity index (χ2n) is 5.93. The lowest BCUT2D eigenvalue weighted by Crippen LogP contribution is -2.43. The van der Waals surface area contributed by atoms with Gasteiger partial charge in [0, 0.05) is 12.6 Å². The van der Waals surface area contributed by atoms with E-state index in [-0.39, 0.29) is 0 Å². The molecule has 0 saturated heterocycles. The normalized spacial score (nSPS) is 23.1. The smallest absolute Gasteiger partial charge is 0.00924 e. The largest absolute Gasteiger partial charge is 0.330 e. The Labute approximate surface area is 102 Å². The molecule has 0 bridgehead atoms. The Hall–Kier alpha value is -0.0800. The highest BCUT2D eigenvalue weighted by atomic mass is 15.1. The van der Waals surface area contributed by atoms with Crippen molar-refractivity contribution in [3.63, 3.8) is 0 Å². The van der Waals surface area contributed by atoms with Gasteiger partial charge in [-0.05, 0) is 38.3 Å². The molecule has 0 radical (unpaired) electrons. The van der Waals surface area contributed by atoms with Crippen molar-refractivity contribution >= 4 is 0 Å². The summed E-state index contributed by atoms with van der Waals surface area (Å²) in [6.07, 6.45) is 9.67. The molecule has 1 aliphatic carbocycles. The maximum absolute atomic E-state index is 5.90. The van der Waals surface area contributed by atoms with Gasteiger partial charge in [-0.15, -0.1) is 0 Å². The third kappa shape index (κ3) is 4.06. The van der Waals surface area contributed by atoms with Crippen molar-refractivity contribution in [2.75, 3.05) is 20.1 Å². The van der Waals surface area contributed by atoms with Gasteiger partial charge < -0.3 is 10.6 Å². The van der Waals surface area contributed by atoms with E-state index < -0.39 is 0 Å². The molecule has 0 aromatic heterocycles. The highest BCUT2D eigenvalue weighted by Gasteiger charge is 2.26. The summed E-state index contributed by atoms with van der Waals surface area (Å²) in [6.45, 7) is 6.54. The van der Waals surface area contributed by atoms with E-state index >= 15 is 0 Å². The molecule has 1 fully saturated rings. The third-order valence-corrected chi connectivity index (χ3v) is 4.43. The Kier molecular flexibility index (Phi) is 5.77. The number of hydrogen-bond donors (Lipinski definition) is 1. The topological polar surface area (TPSA) is 29.3 Å². The Balaban J connectivity index is 2.45. The van der Waals surface area contributed by atoms with Gasteiger partial charge >= 0.3 is 0 Å². The van der Waals surface area contributed by atoms with E-state index in [2.05, 4.69) is 25.8 Å². The molecule has 0 aliphatic heterocycles. The van der Waals surface area contributed by atoms with Gasteiger partial charge in [0.05, 0.1) is 0 Å². The van der Waals surface area contributed by atoms with Gasteiger partial charge in [0.15, 0.2) is 0 Å². The Morgan fingerprint density at radius 3 is 2.19 bits per heavy atom. The number of nitrogens with zero attached hydrogens (tertiary/aromatic N) is 1. The van der Waals surface area contributed by atoms with Crippen LogP contribution in [-0.4, -0.2) is 31.1 Å². The number of nitrogens with two attached hydrogens (primary N) is 1. The zero-order valence-corrected chi connectivity index (χ0v) is 11.5. The summed E-state index contributed by atoms with van der Waals surface area (Å²) in [5.41, 5.74) is 6.21. The lowest BCUT2D eigenvalue weighted by molar-refractivity contribution is 0.138. The van der Waals surface area contributed by atoms with Crippen LogP contribution in [0.25, 0.3) is 0 Å². The Morgan fingerprint density at radius 1 is 1.19 bits per heavy atom. The van der Waals surface area contributed by atoms with Crippen LogP contribution in [0.5, 0.6) is 0 Å². The second kappa shape index (κ2) is 6.61. The summed E-state index contributed by atoms with van der Waals surface area (Å²) in [4.78, 5) is 2.57. The summed E-state index contributed by atoms with van der Waals surface area (Å²) in [7, 11) is 2.29. The van der Waals surface area contributed by atoms with Crippen LogP contribution in [0.4, 0.5) is 0 Å². The molecule has 2 heteroatoms. The van der Waals surface area contributed by atoms with Crippen LogP contribution >= 0.6 is 0 Å². The second-order valence-corrected chi connectivity index (χ2v) is 5.93. The molecule has 16 heavy (non-hydrogen) atoms. The minimum atomic E-state index is 0.307. The van der Waals surface area contributed by atoms with E-state index in [4.69, 9.17) is 5.73 Å². The van der Waals surface area contributed by atoms with E-state index in [0.29, 0.717) is 5.41 Å². The van der Waals surface area contributed by atoms with Crippen molar-refractivity contribution in [1.82, 2.24) is 4.90 Å². The average molecular weight is 226 g/mol. The molecular weight excluding hydrogens is 196 g/mol. The van der Waals surface area contributed by atoms with Gasteiger partial charge in [0.2, 0.25) is 0 Å². The van der Waals surface area contributed by atoms with Gasteiger partial charge in [-0.3, -0.25) is 0 Å². The van der Waals surface area contributed by atoms with E-state index in [1.165, 1.54) is 44.9 Å². The quantitative estimate of drug-likeness (QED) is 0.730. The zero-order chi connectivity index (χ0) is 12.0. The lowest BCUT2D eigenvalue weighted by Gasteiger charge is -2.36. The summed E-state index contributed by atoms with van der Waals surface area (Å²) in [5.74, 6) is 0. The van der Waals surface area contributed by atoms with Crippen molar-refractivity contribution < 1.29 is 0 Å². The molecule has 1 aliphatic rings. The molecule has 1 atom stereocenters. The van der Waals surface area contributed by atoms with Crippen LogP contribution < -0.4 is 5.73 Å². The van der Waals surface area contributed by atoms with Gasteiger partial charge in [-0.1, -0.05) is 39.5 Å². The van der Waals surface area contributed by atoms with Gasteiger partial charge in [0.1, 0.15) is 0 Å². The highest BCUT2D eigenvalue weighted by Crippen LogP contribution is 2.26. The first-order valence-corrected chi connectivity index (χ1v) is 7.01. The molecule has 0 heterocycles. The predicted molar refractivity (Wildman–Crippen MR) is 71.6 cm³/mol. The van der Waals surface area contributed by atoms with Crippen LogP contribution in [-0.2, 0) is 0 Å². The molecular formula is C14H30N2. The zero-order valence-electron chi connectivity index (χ0n) is 11.5. The summed E-state index contributed by atoms with van der Waals surface area (Å²) in [6, 6.07) is 0.805. The van der Waals surface area contributed by atoms with Crippen molar-refractivity contribution in [1.29, 1.82) is 0 Å². The van der Waals surface area contributed by atoms with Gasteiger partial charge in [-0.2, -0.15) is 0 Å². The maximum Gasteiger partial charge on any atom is 0.00924 e. The highest BCUT2D eigenvalue weighted by molar-refractivity contribution is 4.81. The molecule has 0 aromatic carbocycles. The maximum atomic E-state index is 5.90. The molecule has 0 spiro atoms. The van der Waals surface area contributed by atoms with Crippen molar-refractivity contribution in [3.05, 3.63) is 0 Å². The minimum absolute atomic E-state index is 0.307. The Bertz CT molecular complexity index is 179. The third-order valence-electron chi connectivity index (χ3n) is 4.43. The molecule has 1 saturated carbocycles. The monoisotopic (exact) mass is 226 g/mol. The molecule has 1 unspecified atom stereocenters. The van der Waals surface area contributed by atoms with Gasteiger partial charge in [-0.25, -0.2) is 0 Å². The fraction of sp³-hybridized carbons (Fsp3) is 1.00. The lowest BCUT2D eigenvalue weighted by atomic mass is 9.86. The van der Waals surface area contributed by atoms with Crippen LogP contribution in [0.15, 0.2) is 0 Å². The fourth-order valence-corrected chi connectivity index (χ4v) is 2.75. The first kappa shape index (κ1) is 14.0. The van der Waals surface area contributed by atoms with Crippen LogP contribution in [0.3, 0.4) is 0 Å². The molecule has 1 rings (SSSR count). The van der Waals surface area contributed by atoms with E-state index in [1.54, 1.807) is 0 Å². The number of hydrogen-bond acceptors (Lipinski definition) is 2. The summed E-state index contributed by atoms with van der Waals surface area (Å²) < 4.78 is 0. The minimum Gasteiger partial charge on any atom is -0.330 e. The van der Waals surface area contributed by atoms with Crippen LogP contribution in [0, 0.1) is 5.41 Å². The molecule has 96 valence electrons. The average Bonchev–Trinajstić information content (AvgIpc) is 2.57. The van der Waals surface area contributed by atoms with Crippen LogP contribution in [0.2, 0.25) is 0 Å². The molecule has 2 N–H and O–H groups in total. The fourth-order valence-electron chi connectivity index (χ4n) is 2.75. The predicted octanol–water partition coefficient (Wildman–Crippen LogP) is 3.02. The first-order chi connectivity index (χ1) is 7.61. The van der Waals surface area contributed by atoms with E-state index in [0.717, 1.165) is 19.1 Å². The first-order valence-electron chi connectivity index (χ1n) is 7.01. The SMILES string of the molecule is CCC(C)(CN)CN(C)C1CCCCCC1. The molecule has 0 amide bonds. The summed E-state index contributed by atoms with van der Waals surface area (Å²) >= 11 is 0. The van der Waals surface area contributed by atoms with Crippen molar-refractivity contribution in [3.8, 4) is 0 Å². The van der Waals surface area contributed by atoms with E-state index in [9.17, 15) is 0 Å². The van der Waals surface area contributed by atoms with Gasteiger partial charge in [0.25, 0.3) is 0 Å². The number of rotatable bonds is 5. The van der Waals surface area contributed by atoms with E-state index in [1.807, 2.05) is 0 Å². The van der Waals surface area contributed by atoms with Crippen molar-refractivity contribution in [2.45, 2.75) is 64.8 Å². The molecule has 0 aromatic rings. The summed E-state index contributed by atoms with van der Waals surface area (Å²) in [5, 5.41) is 0.